The molecule has 1 aromatic rings. The van der Waals surface area contributed by atoms with Crippen molar-refractivity contribution in [2.24, 2.45) is 13.0 Å². The van der Waals surface area contributed by atoms with Gasteiger partial charge in [0.2, 0.25) is 5.91 Å². The Hall–Kier alpha value is -1.40. The van der Waals surface area contributed by atoms with Gasteiger partial charge in [-0.3, -0.25) is 4.79 Å². The summed E-state index contributed by atoms with van der Waals surface area (Å²) in [5.41, 5.74) is 1.06. The van der Waals surface area contributed by atoms with Gasteiger partial charge >= 0.3 is 0 Å². The first-order chi connectivity index (χ1) is 11.6. The van der Waals surface area contributed by atoms with Crippen molar-refractivity contribution in [3.05, 3.63) is 18.2 Å². The lowest BCUT2D eigenvalue weighted by Crippen LogP contribution is -2.42. The quantitative estimate of drug-likeness (QED) is 0.897. The van der Waals surface area contributed by atoms with Crippen molar-refractivity contribution in [1.29, 1.82) is 0 Å². The van der Waals surface area contributed by atoms with Crippen LogP contribution in [0.5, 0.6) is 0 Å². The van der Waals surface area contributed by atoms with E-state index in [1.807, 2.05) is 17.8 Å². The van der Waals surface area contributed by atoms with Gasteiger partial charge in [-0.1, -0.05) is 19.8 Å². The molecule has 1 N–H and O–H groups in total. The SMILES string of the molecule is CC1CCCC(OCC(=O)NC2CCOC(c3cncn3C)C2)C1. The molecule has 0 aromatic carbocycles. The van der Waals surface area contributed by atoms with Crippen LogP contribution in [0.15, 0.2) is 12.5 Å². The molecule has 6 heteroatoms. The molecule has 1 aliphatic carbocycles. The summed E-state index contributed by atoms with van der Waals surface area (Å²) < 4.78 is 13.6. The van der Waals surface area contributed by atoms with Crippen LogP contribution in [0.1, 0.15) is 57.2 Å². The van der Waals surface area contributed by atoms with E-state index in [4.69, 9.17) is 9.47 Å². The molecule has 2 fully saturated rings. The van der Waals surface area contributed by atoms with Crippen LogP contribution < -0.4 is 5.32 Å². The van der Waals surface area contributed by atoms with Gasteiger partial charge in [-0.15, -0.1) is 0 Å². The van der Waals surface area contributed by atoms with Gasteiger partial charge in [0.05, 0.1) is 24.3 Å². The predicted octanol–water partition coefficient (Wildman–Crippen LogP) is 2.35. The number of nitrogens with one attached hydrogen (secondary N) is 1. The van der Waals surface area contributed by atoms with E-state index in [-0.39, 0.29) is 30.8 Å². The van der Waals surface area contributed by atoms with E-state index >= 15 is 0 Å². The molecular weight excluding hydrogens is 306 g/mol. The minimum atomic E-state index is -0.0103. The van der Waals surface area contributed by atoms with Gasteiger partial charge in [-0.05, 0) is 31.6 Å². The Kier molecular flexibility index (Phi) is 5.89. The van der Waals surface area contributed by atoms with Crippen LogP contribution in [0.3, 0.4) is 0 Å². The molecule has 24 heavy (non-hydrogen) atoms. The molecule has 2 aliphatic rings. The van der Waals surface area contributed by atoms with Crippen LogP contribution >= 0.6 is 0 Å². The highest BCUT2D eigenvalue weighted by atomic mass is 16.5. The summed E-state index contributed by atoms with van der Waals surface area (Å²) in [6, 6.07) is 0.139. The van der Waals surface area contributed by atoms with E-state index in [9.17, 15) is 4.79 Å². The number of imidazole rings is 1. The molecule has 1 aliphatic heterocycles. The smallest absolute Gasteiger partial charge is 0.246 e. The zero-order chi connectivity index (χ0) is 16.9. The highest BCUT2D eigenvalue weighted by molar-refractivity contribution is 5.77. The van der Waals surface area contributed by atoms with E-state index in [1.54, 1.807) is 6.33 Å². The summed E-state index contributed by atoms with van der Waals surface area (Å²) in [6.45, 7) is 3.09. The number of rotatable bonds is 5. The summed E-state index contributed by atoms with van der Waals surface area (Å²) in [5, 5.41) is 3.11. The summed E-state index contributed by atoms with van der Waals surface area (Å²) in [4.78, 5) is 16.3. The van der Waals surface area contributed by atoms with Crippen molar-refractivity contribution in [2.45, 2.75) is 63.7 Å². The fourth-order valence-electron chi connectivity index (χ4n) is 3.80. The number of amides is 1. The van der Waals surface area contributed by atoms with Crippen molar-refractivity contribution >= 4 is 5.91 Å². The molecule has 0 bridgehead atoms. The molecule has 4 unspecified atom stereocenters. The van der Waals surface area contributed by atoms with Crippen LogP contribution in [-0.2, 0) is 21.3 Å². The first kappa shape index (κ1) is 17.4. The van der Waals surface area contributed by atoms with Crippen molar-refractivity contribution in [3.8, 4) is 0 Å². The van der Waals surface area contributed by atoms with Crippen LogP contribution in [-0.4, -0.2) is 40.8 Å². The zero-order valence-corrected chi connectivity index (χ0v) is 14.7. The third-order valence-electron chi connectivity index (χ3n) is 5.17. The van der Waals surface area contributed by atoms with Gasteiger partial charge in [0.25, 0.3) is 0 Å². The number of carbonyl (C=O) groups is 1. The molecule has 1 amide bonds. The topological polar surface area (TPSA) is 65.4 Å². The monoisotopic (exact) mass is 335 g/mol. The normalized spacial score (nSPS) is 30.9. The van der Waals surface area contributed by atoms with Crippen molar-refractivity contribution in [3.63, 3.8) is 0 Å². The fraction of sp³-hybridized carbons (Fsp3) is 0.778. The first-order valence-electron chi connectivity index (χ1n) is 9.10. The Labute approximate surface area is 143 Å². The van der Waals surface area contributed by atoms with Gasteiger partial charge in [-0.2, -0.15) is 0 Å². The van der Waals surface area contributed by atoms with E-state index in [0.717, 1.165) is 31.4 Å². The Morgan fingerprint density at radius 2 is 2.29 bits per heavy atom. The fourth-order valence-corrected chi connectivity index (χ4v) is 3.80. The third-order valence-corrected chi connectivity index (χ3v) is 5.17. The summed E-state index contributed by atoms with van der Waals surface area (Å²) in [7, 11) is 1.97. The van der Waals surface area contributed by atoms with E-state index < -0.39 is 0 Å². The Morgan fingerprint density at radius 1 is 1.42 bits per heavy atom. The van der Waals surface area contributed by atoms with E-state index in [0.29, 0.717) is 12.5 Å². The molecule has 0 spiro atoms. The van der Waals surface area contributed by atoms with Crippen LogP contribution in [0.4, 0.5) is 0 Å². The lowest BCUT2D eigenvalue weighted by Gasteiger charge is -2.31. The molecule has 1 aromatic heterocycles. The minimum absolute atomic E-state index is 0.00309. The number of ether oxygens (including phenoxy) is 2. The summed E-state index contributed by atoms with van der Waals surface area (Å²) in [5.74, 6) is 0.700. The maximum absolute atomic E-state index is 12.2. The second-order valence-electron chi connectivity index (χ2n) is 7.28. The van der Waals surface area contributed by atoms with Crippen molar-refractivity contribution < 1.29 is 14.3 Å². The summed E-state index contributed by atoms with van der Waals surface area (Å²) >= 11 is 0. The van der Waals surface area contributed by atoms with Crippen molar-refractivity contribution in [2.75, 3.05) is 13.2 Å². The van der Waals surface area contributed by atoms with Gasteiger partial charge in [-0.25, -0.2) is 4.98 Å². The van der Waals surface area contributed by atoms with Crippen LogP contribution in [0.25, 0.3) is 0 Å². The number of hydrogen-bond donors (Lipinski definition) is 1. The molecule has 4 atom stereocenters. The molecule has 3 rings (SSSR count). The number of carbonyl (C=O) groups excluding carboxylic acids is 1. The van der Waals surface area contributed by atoms with Crippen LogP contribution in [0.2, 0.25) is 0 Å². The average molecular weight is 335 g/mol. The van der Waals surface area contributed by atoms with Crippen molar-refractivity contribution in [1.82, 2.24) is 14.9 Å². The molecule has 134 valence electrons. The van der Waals surface area contributed by atoms with E-state index in [2.05, 4.69) is 17.2 Å². The Morgan fingerprint density at radius 3 is 3.04 bits per heavy atom. The molecule has 1 saturated heterocycles. The standard InChI is InChI=1S/C18H29N3O3/c1-13-4-3-5-15(8-13)24-11-18(22)20-14-6-7-23-17(9-14)16-10-19-12-21(16)2/h10,12-15,17H,3-9,11H2,1-2H3,(H,20,22). The number of aromatic nitrogens is 2. The lowest BCUT2D eigenvalue weighted by molar-refractivity contribution is -0.130. The second kappa shape index (κ2) is 8.12. The predicted molar refractivity (Wildman–Crippen MR) is 90.4 cm³/mol. The van der Waals surface area contributed by atoms with Gasteiger partial charge in [0, 0.05) is 19.7 Å². The maximum Gasteiger partial charge on any atom is 0.246 e. The Bertz CT molecular complexity index is 545. The van der Waals surface area contributed by atoms with Gasteiger partial charge < -0.3 is 19.4 Å². The largest absolute Gasteiger partial charge is 0.372 e. The molecule has 2 heterocycles. The zero-order valence-electron chi connectivity index (χ0n) is 14.7. The summed E-state index contributed by atoms with van der Waals surface area (Å²) in [6.07, 6.45) is 10.1. The van der Waals surface area contributed by atoms with Crippen LogP contribution in [0, 0.1) is 5.92 Å². The molecule has 1 saturated carbocycles. The lowest BCUT2D eigenvalue weighted by atomic mass is 9.89. The maximum atomic E-state index is 12.2. The van der Waals surface area contributed by atoms with Gasteiger partial charge in [0.15, 0.2) is 0 Å². The number of nitrogens with zero attached hydrogens (tertiary/aromatic N) is 2. The highest BCUT2D eigenvalue weighted by Crippen LogP contribution is 2.28. The first-order valence-corrected chi connectivity index (χ1v) is 9.10. The Balaban J connectivity index is 1.43. The minimum Gasteiger partial charge on any atom is -0.372 e. The molecule has 0 radical (unpaired) electrons. The second-order valence-corrected chi connectivity index (χ2v) is 7.28. The van der Waals surface area contributed by atoms with Gasteiger partial charge in [0.1, 0.15) is 12.7 Å². The average Bonchev–Trinajstić information content (AvgIpc) is 2.99. The number of hydrogen-bond acceptors (Lipinski definition) is 4. The molecular formula is C18H29N3O3. The highest BCUT2D eigenvalue weighted by Gasteiger charge is 2.27. The molecule has 6 nitrogen and oxygen atoms in total. The number of aryl methyl sites for hydroxylation is 1. The van der Waals surface area contributed by atoms with E-state index in [1.165, 1.54) is 12.8 Å². The third kappa shape index (κ3) is 4.57.